The number of aromatic nitrogens is 2. The molecule has 0 radical (unpaired) electrons. The van der Waals surface area contributed by atoms with Crippen LogP contribution in [0.4, 0.5) is 10.2 Å². The third-order valence-corrected chi connectivity index (χ3v) is 3.46. The van der Waals surface area contributed by atoms with E-state index in [9.17, 15) is 4.39 Å². The van der Waals surface area contributed by atoms with Crippen molar-refractivity contribution in [3.05, 3.63) is 53.2 Å². The molecule has 0 amide bonds. The van der Waals surface area contributed by atoms with Gasteiger partial charge in [-0.05, 0) is 27.0 Å². The van der Waals surface area contributed by atoms with Gasteiger partial charge in [-0.1, -0.05) is 18.2 Å². The second kappa shape index (κ2) is 6.60. The number of nitrogens with one attached hydrogen (secondary N) is 1. The Hall–Kier alpha value is -2.05. The standard InChI is InChI=1S/C15H20FN5/c1-10-8-14(20-17)19-15(18-10)9-21(3)11(2)12-6-4-5-7-13(12)16/h4-8,11H,9,17H2,1-3H3,(H,18,19,20). The van der Waals surface area contributed by atoms with Crippen molar-refractivity contribution in [3.8, 4) is 0 Å². The van der Waals surface area contributed by atoms with Crippen molar-refractivity contribution in [2.45, 2.75) is 26.4 Å². The van der Waals surface area contributed by atoms with Gasteiger partial charge in [0.1, 0.15) is 17.5 Å². The maximum Gasteiger partial charge on any atom is 0.145 e. The summed E-state index contributed by atoms with van der Waals surface area (Å²) in [6.07, 6.45) is 0. The van der Waals surface area contributed by atoms with Crippen molar-refractivity contribution in [2.75, 3.05) is 12.5 Å². The average Bonchev–Trinajstić information content (AvgIpc) is 2.46. The number of halogens is 1. The van der Waals surface area contributed by atoms with Crippen molar-refractivity contribution in [1.29, 1.82) is 0 Å². The Bertz CT molecular complexity index is 617. The number of nitrogen functional groups attached to an aromatic ring is 1. The Morgan fingerprint density at radius 1 is 1.33 bits per heavy atom. The van der Waals surface area contributed by atoms with Crippen molar-refractivity contribution < 1.29 is 4.39 Å². The quantitative estimate of drug-likeness (QED) is 0.653. The maximum absolute atomic E-state index is 13.8. The average molecular weight is 289 g/mol. The number of nitrogens with zero attached hydrogens (tertiary/aromatic N) is 3. The normalized spacial score (nSPS) is 12.5. The fraction of sp³-hybridized carbons (Fsp3) is 0.333. The smallest absolute Gasteiger partial charge is 0.145 e. The van der Waals surface area contributed by atoms with Crippen molar-refractivity contribution >= 4 is 5.82 Å². The Morgan fingerprint density at radius 2 is 2.05 bits per heavy atom. The van der Waals surface area contributed by atoms with E-state index in [1.807, 2.05) is 31.9 Å². The van der Waals surface area contributed by atoms with Crippen LogP contribution in [0.5, 0.6) is 0 Å². The van der Waals surface area contributed by atoms with Crippen LogP contribution in [0, 0.1) is 12.7 Å². The Kier molecular flexibility index (Phi) is 4.82. The zero-order valence-corrected chi connectivity index (χ0v) is 12.5. The fourth-order valence-electron chi connectivity index (χ4n) is 2.19. The van der Waals surface area contributed by atoms with Gasteiger partial charge in [0.25, 0.3) is 0 Å². The Labute approximate surface area is 124 Å². The van der Waals surface area contributed by atoms with Gasteiger partial charge in [0.2, 0.25) is 0 Å². The van der Waals surface area contributed by atoms with E-state index >= 15 is 0 Å². The fourth-order valence-corrected chi connectivity index (χ4v) is 2.19. The second-order valence-electron chi connectivity index (χ2n) is 5.07. The van der Waals surface area contributed by atoms with Crippen LogP contribution in [0.25, 0.3) is 0 Å². The van der Waals surface area contributed by atoms with Gasteiger partial charge in [-0.15, -0.1) is 0 Å². The minimum atomic E-state index is -0.202. The van der Waals surface area contributed by atoms with E-state index in [-0.39, 0.29) is 11.9 Å². The molecule has 0 saturated heterocycles. The molecular weight excluding hydrogens is 269 g/mol. The molecule has 2 rings (SSSR count). The van der Waals surface area contributed by atoms with Crippen molar-refractivity contribution in [1.82, 2.24) is 14.9 Å². The molecule has 0 saturated carbocycles. The minimum Gasteiger partial charge on any atom is -0.308 e. The summed E-state index contributed by atoms with van der Waals surface area (Å²) in [5.74, 6) is 6.40. The molecule has 3 N–H and O–H groups in total. The van der Waals surface area contributed by atoms with E-state index in [2.05, 4.69) is 15.4 Å². The van der Waals surface area contributed by atoms with E-state index in [4.69, 9.17) is 5.84 Å². The zero-order valence-electron chi connectivity index (χ0n) is 12.5. The molecule has 0 aliphatic carbocycles. The van der Waals surface area contributed by atoms with Gasteiger partial charge >= 0.3 is 0 Å². The molecule has 6 heteroatoms. The number of hydrogen-bond acceptors (Lipinski definition) is 5. The lowest BCUT2D eigenvalue weighted by Crippen LogP contribution is -2.24. The van der Waals surface area contributed by atoms with Gasteiger partial charge in [-0.2, -0.15) is 0 Å². The van der Waals surface area contributed by atoms with Crippen molar-refractivity contribution in [3.63, 3.8) is 0 Å². The van der Waals surface area contributed by atoms with Gasteiger partial charge in [0, 0.05) is 23.4 Å². The Morgan fingerprint density at radius 3 is 2.71 bits per heavy atom. The van der Waals surface area contributed by atoms with Gasteiger partial charge in [0.05, 0.1) is 6.54 Å². The highest BCUT2D eigenvalue weighted by Crippen LogP contribution is 2.22. The monoisotopic (exact) mass is 289 g/mol. The summed E-state index contributed by atoms with van der Waals surface area (Å²) in [7, 11) is 1.92. The van der Waals surface area contributed by atoms with Crippen LogP contribution >= 0.6 is 0 Å². The molecular formula is C15H20FN5. The predicted octanol–water partition coefficient (Wildman–Crippen LogP) is 2.40. The van der Waals surface area contributed by atoms with Crippen LogP contribution in [0.3, 0.4) is 0 Å². The van der Waals surface area contributed by atoms with Crippen LogP contribution < -0.4 is 11.3 Å². The lowest BCUT2D eigenvalue weighted by molar-refractivity contribution is 0.242. The molecule has 0 spiro atoms. The topological polar surface area (TPSA) is 67.1 Å². The minimum absolute atomic E-state index is 0.0791. The number of hydrogen-bond donors (Lipinski definition) is 2. The first kappa shape index (κ1) is 15.3. The molecule has 0 aliphatic heterocycles. The van der Waals surface area contributed by atoms with Gasteiger partial charge in [0.15, 0.2) is 0 Å². The van der Waals surface area contributed by atoms with Gasteiger partial charge < -0.3 is 5.43 Å². The first-order chi connectivity index (χ1) is 10.0. The molecule has 21 heavy (non-hydrogen) atoms. The number of rotatable bonds is 5. The number of anilines is 1. The molecule has 2 aromatic rings. The number of benzene rings is 1. The summed E-state index contributed by atoms with van der Waals surface area (Å²) in [6, 6.07) is 8.48. The molecule has 0 aliphatic rings. The number of hydrazine groups is 1. The SMILES string of the molecule is Cc1cc(NN)nc(CN(C)C(C)c2ccccc2F)n1. The molecule has 1 heterocycles. The molecule has 1 atom stereocenters. The summed E-state index contributed by atoms with van der Waals surface area (Å²) < 4.78 is 13.8. The summed E-state index contributed by atoms with van der Waals surface area (Å²) >= 11 is 0. The number of aryl methyl sites for hydroxylation is 1. The van der Waals surface area contributed by atoms with Gasteiger partial charge in [-0.25, -0.2) is 20.2 Å². The highest BCUT2D eigenvalue weighted by molar-refractivity contribution is 5.34. The van der Waals surface area contributed by atoms with Crippen LogP contribution in [-0.2, 0) is 6.54 Å². The Balaban J connectivity index is 2.16. The summed E-state index contributed by atoms with van der Waals surface area (Å²) in [5.41, 5.74) is 4.01. The number of nitrogens with two attached hydrogens (primary N) is 1. The molecule has 0 fully saturated rings. The van der Waals surface area contributed by atoms with E-state index in [1.54, 1.807) is 18.2 Å². The highest BCUT2D eigenvalue weighted by atomic mass is 19.1. The van der Waals surface area contributed by atoms with Crippen LogP contribution in [-0.4, -0.2) is 21.9 Å². The second-order valence-corrected chi connectivity index (χ2v) is 5.07. The molecule has 1 aromatic carbocycles. The lowest BCUT2D eigenvalue weighted by atomic mass is 10.1. The van der Waals surface area contributed by atoms with E-state index in [0.29, 0.717) is 23.8 Å². The first-order valence-corrected chi connectivity index (χ1v) is 6.77. The summed E-state index contributed by atoms with van der Waals surface area (Å²) in [4.78, 5) is 10.7. The van der Waals surface area contributed by atoms with E-state index in [1.165, 1.54) is 6.07 Å². The molecule has 1 aromatic heterocycles. The lowest BCUT2D eigenvalue weighted by Gasteiger charge is -2.24. The largest absolute Gasteiger partial charge is 0.308 e. The third-order valence-electron chi connectivity index (χ3n) is 3.46. The zero-order chi connectivity index (χ0) is 15.4. The molecule has 0 bridgehead atoms. The maximum atomic E-state index is 13.8. The van der Waals surface area contributed by atoms with E-state index in [0.717, 1.165) is 5.69 Å². The van der Waals surface area contributed by atoms with E-state index < -0.39 is 0 Å². The van der Waals surface area contributed by atoms with Gasteiger partial charge in [-0.3, -0.25) is 4.90 Å². The molecule has 1 unspecified atom stereocenters. The van der Waals surface area contributed by atoms with Crippen LogP contribution in [0.15, 0.2) is 30.3 Å². The highest BCUT2D eigenvalue weighted by Gasteiger charge is 2.16. The summed E-state index contributed by atoms with van der Waals surface area (Å²) in [5, 5.41) is 0. The van der Waals surface area contributed by atoms with Crippen LogP contribution in [0.1, 0.15) is 30.0 Å². The van der Waals surface area contributed by atoms with Crippen molar-refractivity contribution in [2.24, 2.45) is 5.84 Å². The molecule has 5 nitrogen and oxygen atoms in total. The first-order valence-electron chi connectivity index (χ1n) is 6.77. The molecule has 112 valence electrons. The summed E-state index contributed by atoms with van der Waals surface area (Å²) in [6.45, 7) is 4.34. The van der Waals surface area contributed by atoms with Crippen LogP contribution in [0.2, 0.25) is 0 Å². The predicted molar refractivity (Wildman–Crippen MR) is 80.9 cm³/mol. The third kappa shape index (κ3) is 3.74.